The van der Waals surface area contributed by atoms with Crippen LogP contribution in [0.25, 0.3) is 0 Å². The number of carbonyl (C=O) groups excluding carboxylic acids is 2. The van der Waals surface area contributed by atoms with E-state index >= 15 is 0 Å². The first-order valence-electron chi connectivity index (χ1n) is 9.46. The van der Waals surface area contributed by atoms with Gasteiger partial charge in [-0.1, -0.05) is 53.5 Å². The van der Waals surface area contributed by atoms with Crippen molar-refractivity contribution in [1.29, 1.82) is 0 Å². The molecular weight excluding hydrogens is 456 g/mol. The Balaban J connectivity index is 2.12. The molecule has 2 aromatic rings. The maximum absolute atomic E-state index is 12.9. The van der Waals surface area contributed by atoms with Crippen molar-refractivity contribution in [3.8, 4) is 5.75 Å². The first-order valence-corrected chi connectivity index (χ1v) is 10.6. The minimum atomic E-state index is -0.631. The fraction of sp³-hybridized carbons (Fsp3) is 0.364. The molecule has 2 rings (SSSR count). The molecule has 0 saturated heterocycles. The van der Waals surface area contributed by atoms with Gasteiger partial charge in [-0.15, -0.1) is 0 Å². The van der Waals surface area contributed by atoms with E-state index in [1.807, 2.05) is 38.1 Å². The van der Waals surface area contributed by atoms with E-state index in [0.29, 0.717) is 29.8 Å². The van der Waals surface area contributed by atoms with Crippen LogP contribution in [0.3, 0.4) is 0 Å². The number of ether oxygens (including phenoxy) is 1. The van der Waals surface area contributed by atoms with Gasteiger partial charge >= 0.3 is 0 Å². The van der Waals surface area contributed by atoms with Crippen molar-refractivity contribution in [2.24, 2.45) is 5.92 Å². The van der Waals surface area contributed by atoms with Crippen molar-refractivity contribution in [3.63, 3.8) is 0 Å². The molecule has 0 aromatic heterocycles. The fourth-order valence-electron chi connectivity index (χ4n) is 2.63. The topological polar surface area (TPSA) is 58.6 Å². The van der Waals surface area contributed by atoms with Crippen LogP contribution >= 0.6 is 27.5 Å². The highest BCUT2D eigenvalue weighted by Crippen LogP contribution is 2.18. The molecule has 0 fully saturated rings. The van der Waals surface area contributed by atoms with E-state index in [1.165, 1.54) is 4.90 Å². The zero-order valence-electron chi connectivity index (χ0n) is 16.8. The van der Waals surface area contributed by atoms with E-state index in [2.05, 4.69) is 21.2 Å². The number of benzene rings is 2. The summed E-state index contributed by atoms with van der Waals surface area (Å²) in [6.07, 6.45) is 0. The normalized spacial score (nSPS) is 11.8. The van der Waals surface area contributed by atoms with Gasteiger partial charge in [0.25, 0.3) is 5.91 Å². The third-order valence-electron chi connectivity index (χ3n) is 4.27. The summed E-state index contributed by atoms with van der Waals surface area (Å²) >= 11 is 9.32. The molecule has 29 heavy (non-hydrogen) atoms. The van der Waals surface area contributed by atoms with Gasteiger partial charge in [0.1, 0.15) is 11.8 Å². The lowest BCUT2D eigenvalue weighted by Crippen LogP contribution is -2.49. The van der Waals surface area contributed by atoms with E-state index in [4.69, 9.17) is 16.3 Å². The molecule has 2 amide bonds. The summed E-state index contributed by atoms with van der Waals surface area (Å²) in [5.74, 6) is 0.413. The van der Waals surface area contributed by atoms with E-state index in [0.717, 1.165) is 10.0 Å². The van der Waals surface area contributed by atoms with Gasteiger partial charge in [-0.25, -0.2) is 0 Å². The number of halogens is 2. The predicted octanol–water partition coefficient (Wildman–Crippen LogP) is 4.67. The molecule has 156 valence electrons. The van der Waals surface area contributed by atoms with Crippen molar-refractivity contribution in [1.82, 2.24) is 10.2 Å². The second-order valence-corrected chi connectivity index (χ2v) is 8.56. The Kier molecular flexibility index (Phi) is 8.99. The predicted molar refractivity (Wildman–Crippen MR) is 119 cm³/mol. The van der Waals surface area contributed by atoms with Crippen molar-refractivity contribution >= 4 is 39.3 Å². The Morgan fingerprint density at radius 3 is 2.45 bits per heavy atom. The highest BCUT2D eigenvalue weighted by atomic mass is 79.9. The molecule has 0 saturated carbocycles. The second-order valence-electron chi connectivity index (χ2n) is 7.21. The average Bonchev–Trinajstić information content (AvgIpc) is 2.69. The monoisotopic (exact) mass is 480 g/mol. The molecule has 1 unspecified atom stereocenters. The lowest BCUT2D eigenvalue weighted by molar-refractivity contribution is -0.142. The van der Waals surface area contributed by atoms with Gasteiger partial charge in [-0.05, 0) is 54.8 Å². The molecule has 1 atom stereocenters. The van der Waals surface area contributed by atoms with E-state index < -0.39 is 6.04 Å². The molecule has 0 heterocycles. The third kappa shape index (κ3) is 7.71. The van der Waals surface area contributed by atoms with Crippen molar-refractivity contribution in [2.75, 3.05) is 13.2 Å². The molecule has 2 aromatic carbocycles. The molecule has 5 nitrogen and oxygen atoms in total. The molecule has 0 aliphatic heterocycles. The minimum absolute atomic E-state index is 0.169. The number of nitrogens with one attached hydrogen (secondary N) is 1. The first-order chi connectivity index (χ1) is 13.8. The number of nitrogens with zero attached hydrogens (tertiary/aromatic N) is 1. The zero-order valence-corrected chi connectivity index (χ0v) is 19.2. The molecule has 1 N–H and O–H groups in total. The maximum Gasteiger partial charge on any atom is 0.261 e. The highest BCUT2D eigenvalue weighted by Gasteiger charge is 2.26. The summed E-state index contributed by atoms with van der Waals surface area (Å²) in [7, 11) is 0. The number of hydrogen-bond donors (Lipinski definition) is 1. The van der Waals surface area contributed by atoms with Crippen LogP contribution in [0.1, 0.15) is 26.3 Å². The molecule has 0 spiro atoms. The van der Waals surface area contributed by atoms with Crippen LogP contribution in [0.4, 0.5) is 0 Å². The Hall–Kier alpha value is -2.05. The lowest BCUT2D eigenvalue weighted by atomic mass is 10.1. The number of hydrogen-bond acceptors (Lipinski definition) is 3. The van der Waals surface area contributed by atoms with E-state index in [9.17, 15) is 9.59 Å². The first kappa shape index (κ1) is 23.2. The Bertz CT molecular complexity index is 827. The van der Waals surface area contributed by atoms with Gasteiger partial charge in [0, 0.05) is 22.6 Å². The SMILES string of the molecule is CC(C)CNC(=O)C(C)N(Cc1cccc(Br)c1)C(=O)COc1ccc(Cl)cc1. The Morgan fingerprint density at radius 2 is 1.83 bits per heavy atom. The van der Waals surface area contributed by atoms with Crippen LogP contribution in [0, 0.1) is 5.92 Å². The van der Waals surface area contributed by atoms with Crippen LogP contribution in [0.15, 0.2) is 53.0 Å². The van der Waals surface area contributed by atoms with Gasteiger partial charge < -0.3 is 15.0 Å². The Labute approximate surface area is 185 Å². The van der Waals surface area contributed by atoms with Crippen LogP contribution in [-0.4, -0.2) is 35.9 Å². The summed E-state index contributed by atoms with van der Waals surface area (Å²) in [4.78, 5) is 27.1. The highest BCUT2D eigenvalue weighted by molar-refractivity contribution is 9.10. The summed E-state index contributed by atoms with van der Waals surface area (Å²) in [6, 6.07) is 13.8. The minimum Gasteiger partial charge on any atom is -0.484 e. The number of rotatable bonds is 9. The van der Waals surface area contributed by atoms with Crippen LogP contribution in [0.5, 0.6) is 5.75 Å². The van der Waals surface area contributed by atoms with Crippen LogP contribution in [0.2, 0.25) is 5.02 Å². The quantitative estimate of drug-likeness (QED) is 0.566. The molecule has 7 heteroatoms. The summed E-state index contributed by atoms with van der Waals surface area (Å²) in [5.41, 5.74) is 0.919. The molecule has 0 aliphatic rings. The number of amides is 2. The summed E-state index contributed by atoms with van der Waals surface area (Å²) in [5, 5.41) is 3.49. The van der Waals surface area contributed by atoms with Crippen molar-refractivity contribution < 1.29 is 14.3 Å². The van der Waals surface area contributed by atoms with Crippen LogP contribution < -0.4 is 10.1 Å². The Morgan fingerprint density at radius 1 is 1.14 bits per heavy atom. The largest absolute Gasteiger partial charge is 0.484 e. The molecule has 0 aliphatic carbocycles. The maximum atomic E-state index is 12.9. The lowest BCUT2D eigenvalue weighted by Gasteiger charge is -2.29. The smallest absolute Gasteiger partial charge is 0.261 e. The molecular formula is C22H26BrClN2O3. The van der Waals surface area contributed by atoms with Gasteiger partial charge in [-0.3, -0.25) is 9.59 Å². The standard InChI is InChI=1S/C22H26BrClN2O3/c1-15(2)12-25-22(28)16(3)26(13-17-5-4-6-18(23)11-17)21(27)14-29-20-9-7-19(24)8-10-20/h4-11,15-16H,12-14H2,1-3H3,(H,25,28). The second kappa shape index (κ2) is 11.2. The average molecular weight is 482 g/mol. The van der Waals surface area contributed by atoms with Gasteiger partial charge in [0.2, 0.25) is 5.91 Å². The van der Waals surface area contributed by atoms with Gasteiger partial charge in [0.05, 0.1) is 0 Å². The van der Waals surface area contributed by atoms with E-state index in [1.54, 1.807) is 31.2 Å². The third-order valence-corrected chi connectivity index (χ3v) is 5.01. The van der Waals surface area contributed by atoms with E-state index in [-0.39, 0.29) is 18.4 Å². The van der Waals surface area contributed by atoms with Gasteiger partial charge in [-0.2, -0.15) is 0 Å². The van der Waals surface area contributed by atoms with Crippen molar-refractivity contribution in [3.05, 3.63) is 63.6 Å². The summed E-state index contributed by atoms with van der Waals surface area (Å²) < 4.78 is 6.52. The fourth-order valence-corrected chi connectivity index (χ4v) is 3.20. The molecule has 0 radical (unpaired) electrons. The summed E-state index contributed by atoms with van der Waals surface area (Å²) in [6.45, 7) is 6.47. The number of carbonyl (C=O) groups is 2. The van der Waals surface area contributed by atoms with Crippen molar-refractivity contribution in [2.45, 2.75) is 33.4 Å². The molecule has 0 bridgehead atoms. The van der Waals surface area contributed by atoms with Crippen LogP contribution in [-0.2, 0) is 16.1 Å². The van der Waals surface area contributed by atoms with Gasteiger partial charge in [0.15, 0.2) is 6.61 Å². The zero-order chi connectivity index (χ0) is 21.4.